The van der Waals surface area contributed by atoms with Crippen LogP contribution in [0.4, 0.5) is 5.82 Å². The molecular weight excluding hydrogens is 366 g/mol. The summed E-state index contributed by atoms with van der Waals surface area (Å²) in [5, 5.41) is 18.3. The maximum atomic E-state index is 9.32. The fourth-order valence-electron chi connectivity index (χ4n) is 4.08. The van der Waals surface area contributed by atoms with E-state index in [2.05, 4.69) is 16.8 Å². The van der Waals surface area contributed by atoms with Crippen molar-refractivity contribution in [3.05, 3.63) is 48.0 Å². The molecule has 0 bridgehead atoms. The first kappa shape index (κ1) is 17.8. The van der Waals surface area contributed by atoms with Crippen LogP contribution >= 0.6 is 0 Å². The van der Waals surface area contributed by atoms with E-state index in [1.165, 1.54) is 0 Å². The van der Waals surface area contributed by atoms with Crippen LogP contribution in [0.2, 0.25) is 0 Å². The summed E-state index contributed by atoms with van der Waals surface area (Å²) in [5.41, 5.74) is 5.65. The Morgan fingerprint density at radius 2 is 1.90 bits per heavy atom. The minimum atomic E-state index is -0.0909. The third-order valence-corrected chi connectivity index (χ3v) is 5.63. The van der Waals surface area contributed by atoms with Crippen molar-refractivity contribution in [3.63, 3.8) is 0 Å². The summed E-state index contributed by atoms with van der Waals surface area (Å²) in [6, 6.07) is 13.8. The van der Waals surface area contributed by atoms with E-state index in [9.17, 15) is 5.21 Å². The predicted octanol–water partition coefficient (Wildman–Crippen LogP) is 2.48. The number of hydrogen-bond donors (Lipinski definition) is 3. The number of pyridine rings is 2. The lowest BCUT2D eigenvalue weighted by atomic mass is 10.2. The summed E-state index contributed by atoms with van der Waals surface area (Å²) in [4.78, 5) is 14.4. The molecule has 5 rings (SSSR count). The van der Waals surface area contributed by atoms with E-state index in [4.69, 9.17) is 15.4 Å². The fraction of sp³-hybridized carbons (Fsp3) is 0.286. The van der Waals surface area contributed by atoms with Crippen LogP contribution in [0.5, 0.6) is 0 Å². The number of nitrogens with zero attached hydrogens (tertiary/aromatic N) is 5. The number of para-hydroxylation sites is 2. The van der Waals surface area contributed by atoms with Crippen LogP contribution in [-0.2, 0) is 0 Å². The van der Waals surface area contributed by atoms with E-state index < -0.39 is 0 Å². The third-order valence-electron chi connectivity index (χ3n) is 5.63. The van der Waals surface area contributed by atoms with E-state index in [1.807, 2.05) is 52.3 Å². The van der Waals surface area contributed by atoms with E-state index in [1.54, 1.807) is 0 Å². The number of anilines is 1. The quantitative estimate of drug-likeness (QED) is 0.277. The SMILES string of the molecule is CN1CCCN(c2ccc3cc(C(=N)NO)c4nc5ccccc5n4c3n2)CC1. The highest BCUT2D eigenvalue weighted by Gasteiger charge is 2.18. The molecule has 3 aromatic heterocycles. The maximum Gasteiger partial charge on any atom is 0.153 e. The molecule has 1 aliphatic heterocycles. The lowest BCUT2D eigenvalue weighted by Crippen LogP contribution is -2.29. The van der Waals surface area contributed by atoms with Gasteiger partial charge in [-0.25, -0.2) is 9.97 Å². The largest absolute Gasteiger partial charge is 0.355 e. The Hall–Kier alpha value is -3.23. The molecule has 1 aromatic carbocycles. The zero-order valence-corrected chi connectivity index (χ0v) is 16.3. The molecule has 1 fully saturated rings. The number of aromatic nitrogens is 3. The van der Waals surface area contributed by atoms with E-state index in [-0.39, 0.29) is 5.84 Å². The van der Waals surface area contributed by atoms with Crippen LogP contribution in [0.15, 0.2) is 42.5 Å². The van der Waals surface area contributed by atoms with Gasteiger partial charge in [-0.3, -0.25) is 20.5 Å². The highest BCUT2D eigenvalue weighted by atomic mass is 16.5. The minimum Gasteiger partial charge on any atom is -0.355 e. The van der Waals surface area contributed by atoms with E-state index >= 15 is 0 Å². The van der Waals surface area contributed by atoms with Crippen molar-refractivity contribution in [2.24, 2.45) is 0 Å². The normalized spacial score (nSPS) is 15.9. The Kier molecular flexibility index (Phi) is 4.30. The van der Waals surface area contributed by atoms with Gasteiger partial charge in [0.25, 0.3) is 0 Å². The Morgan fingerprint density at radius 1 is 1.03 bits per heavy atom. The molecule has 0 unspecified atom stereocenters. The summed E-state index contributed by atoms with van der Waals surface area (Å²) in [6.45, 7) is 4.04. The number of hydroxylamine groups is 1. The zero-order valence-electron chi connectivity index (χ0n) is 16.3. The molecule has 0 amide bonds. The first-order valence-corrected chi connectivity index (χ1v) is 9.79. The zero-order chi connectivity index (χ0) is 20.0. The van der Waals surface area contributed by atoms with Crippen LogP contribution in [-0.4, -0.2) is 63.5 Å². The molecule has 1 saturated heterocycles. The summed E-state index contributed by atoms with van der Waals surface area (Å²) in [5.74, 6) is 0.863. The Labute approximate surface area is 167 Å². The number of imidazole rings is 1. The summed E-state index contributed by atoms with van der Waals surface area (Å²) >= 11 is 0. The van der Waals surface area contributed by atoms with Crippen LogP contribution in [0.3, 0.4) is 0 Å². The number of amidine groups is 1. The molecule has 148 valence electrons. The standard InChI is InChI=1S/C21H23N7O/c1-26-9-4-10-27(12-11-26)18-8-7-14-13-15(19(22)25-29)21-23-16-5-2-3-6-17(16)28(21)20(14)24-18/h2-3,5-8,13,29H,4,9-12H2,1H3,(H2,22,25). The molecule has 0 aliphatic carbocycles. The monoisotopic (exact) mass is 389 g/mol. The topological polar surface area (TPSA) is 92.8 Å². The lowest BCUT2D eigenvalue weighted by Gasteiger charge is -2.22. The highest BCUT2D eigenvalue weighted by molar-refractivity contribution is 6.06. The first-order valence-electron chi connectivity index (χ1n) is 9.79. The number of rotatable bonds is 2. The third kappa shape index (κ3) is 2.97. The Morgan fingerprint density at radius 3 is 2.76 bits per heavy atom. The summed E-state index contributed by atoms with van der Waals surface area (Å²) in [6.07, 6.45) is 1.11. The van der Waals surface area contributed by atoms with Crippen molar-refractivity contribution in [1.29, 1.82) is 5.41 Å². The van der Waals surface area contributed by atoms with Gasteiger partial charge in [0.1, 0.15) is 11.5 Å². The van der Waals surface area contributed by atoms with Gasteiger partial charge in [0.05, 0.1) is 16.6 Å². The first-order chi connectivity index (χ1) is 14.2. The maximum absolute atomic E-state index is 9.32. The molecular formula is C21H23N7O. The van der Waals surface area contributed by atoms with Gasteiger partial charge in [-0.05, 0) is 50.3 Å². The van der Waals surface area contributed by atoms with Gasteiger partial charge in [-0.1, -0.05) is 12.1 Å². The second-order valence-corrected chi connectivity index (χ2v) is 7.53. The summed E-state index contributed by atoms with van der Waals surface area (Å²) < 4.78 is 1.99. The van der Waals surface area contributed by atoms with Gasteiger partial charge in [0.15, 0.2) is 11.5 Å². The van der Waals surface area contributed by atoms with E-state index in [0.717, 1.165) is 60.5 Å². The molecule has 3 N–H and O–H groups in total. The average Bonchev–Trinajstić information content (AvgIpc) is 3.01. The highest BCUT2D eigenvalue weighted by Crippen LogP contribution is 2.27. The molecule has 29 heavy (non-hydrogen) atoms. The number of likely N-dealkylation sites (N-methyl/N-ethyl adjacent to an activating group) is 1. The molecule has 4 aromatic rings. The van der Waals surface area contributed by atoms with Crippen molar-refractivity contribution in [1.82, 2.24) is 24.7 Å². The van der Waals surface area contributed by atoms with Gasteiger partial charge in [0, 0.05) is 25.0 Å². The molecule has 0 saturated carbocycles. The second kappa shape index (κ2) is 6.98. The van der Waals surface area contributed by atoms with Crippen molar-refractivity contribution in [2.45, 2.75) is 6.42 Å². The van der Waals surface area contributed by atoms with Gasteiger partial charge < -0.3 is 9.80 Å². The summed E-state index contributed by atoms with van der Waals surface area (Å²) in [7, 11) is 2.16. The minimum absolute atomic E-state index is 0.0909. The van der Waals surface area contributed by atoms with Crippen LogP contribution in [0.25, 0.3) is 27.7 Å². The molecule has 4 heterocycles. The predicted molar refractivity (Wildman–Crippen MR) is 114 cm³/mol. The van der Waals surface area contributed by atoms with Crippen molar-refractivity contribution < 1.29 is 5.21 Å². The van der Waals surface area contributed by atoms with Gasteiger partial charge >= 0.3 is 0 Å². The van der Waals surface area contributed by atoms with Crippen LogP contribution in [0.1, 0.15) is 12.0 Å². The molecule has 0 radical (unpaired) electrons. The van der Waals surface area contributed by atoms with Gasteiger partial charge in [0.2, 0.25) is 0 Å². The lowest BCUT2D eigenvalue weighted by molar-refractivity contribution is 0.234. The fourth-order valence-corrected chi connectivity index (χ4v) is 4.08. The number of fused-ring (bicyclic) bond motifs is 5. The second-order valence-electron chi connectivity index (χ2n) is 7.53. The van der Waals surface area contributed by atoms with Crippen LogP contribution < -0.4 is 10.4 Å². The molecule has 8 heteroatoms. The van der Waals surface area contributed by atoms with Crippen molar-refractivity contribution >= 4 is 39.4 Å². The molecule has 1 aliphatic rings. The molecule has 0 spiro atoms. The Balaban J connectivity index is 1.76. The number of nitrogens with one attached hydrogen (secondary N) is 2. The van der Waals surface area contributed by atoms with Crippen molar-refractivity contribution in [2.75, 3.05) is 38.1 Å². The smallest absolute Gasteiger partial charge is 0.153 e. The van der Waals surface area contributed by atoms with Crippen molar-refractivity contribution in [3.8, 4) is 0 Å². The number of hydrogen-bond acceptors (Lipinski definition) is 6. The average molecular weight is 389 g/mol. The van der Waals surface area contributed by atoms with E-state index in [0.29, 0.717) is 11.2 Å². The van der Waals surface area contributed by atoms with Gasteiger partial charge in [-0.2, -0.15) is 0 Å². The number of benzene rings is 1. The Bertz CT molecular complexity index is 1230. The van der Waals surface area contributed by atoms with Crippen LogP contribution in [0, 0.1) is 5.41 Å². The van der Waals surface area contributed by atoms with Gasteiger partial charge in [-0.15, -0.1) is 0 Å². The molecule has 0 atom stereocenters. The molecule has 8 nitrogen and oxygen atoms in total.